The fourth-order valence-corrected chi connectivity index (χ4v) is 1.67. The molecule has 0 saturated heterocycles. The van der Waals surface area contributed by atoms with Gasteiger partial charge in [-0.2, -0.15) is 0 Å². The van der Waals surface area contributed by atoms with E-state index in [4.69, 9.17) is 0 Å². The van der Waals surface area contributed by atoms with Crippen LogP contribution in [-0.4, -0.2) is 36.3 Å². The average Bonchev–Trinajstić information content (AvgIpc) is 3.09. The molecule has 0 aromatic carbocycles. The van der Waals surface area contributed by atoms with E-state index in [1.165, 1.54) is 0 Å². The molecule has 16 heavy (non-hydrogen) atoms. The van der Waals surface area contributed by atoms with E-state index in [9.17, 15) is 9.59 Å². The van der Waals surface area contributed by atoms with Gasteiger partial charge in [0.25, 0.3) is 0 Å². The fourth-order valence-electron chi connectivity index (χ4n) is 1.67. The van der Waals surface area contributed by atoms with Gasteiger partial charge < -0.3 is 10.2 Å². The molecule has 0 spiro atoms. The first-order chi connectivity index (χ1) is 7.69. The zero-order valence-electron chi connectivity index (χ0n) is 10.3. The van der Waals surface area contributed by atoms with Gasteiger partial charge in [-0.05, 0) is 25.7 Å². The van der Waals surface area contributed by atoms with Gasteiger partial charge in [-0.1, -0.05) is 13.8 Å². The summed E-state index contributed by atoms with van der Waals surface area (Å²) in [5, 5.41) is 2.71. The van der Waals surface area contributed by atoms with E-state index in [2.05, 4.69) is 19.2 Å². The number of carbonyl (C=O) groups is 2. The van der Waals surface area contributed by atoms with E-state index in [0.717, 1.165) is 38.8 Å². The minimum atomic E-state index is 0.0395. The number of hydrogen-bond donors (Lipinski definition) is 1. The second kappa shape index (κ2) is 6.51. The van der Waals surface area contributed by atoms with Crippen molar-refractivity contribution in [1.82, 2.24) is 10.2 Å². The Balaban J connectivity index is 2.26. The minimum absolute atomic E-state index is 0.0395. The molecule has 0 atom stereocenters. The van der Waals surface area contributed by atoms with Gasteiger partial charge in [-0.25, -0.2) is 0 Å². The smallest absolute Gasteiger partial charge is 0.241 e. The van der Waals surface area contributed by atoms with E-state index in [1.54, 1.807) is 0 Å². The topological polar surface area (TPSA) is 49.4 Å². The molecule has 0 heterocycles. The molecule has 1 N–H and O–H groups in total. The highest BCUT2D eigenvalue weighted by Crippen LogP contribution is 2.28. The van der Waals surface area contributed by atoms with Crippen LogP contribution >= 0.6 is 0 Å². The van der Waals surface area contributed by atoms with Crippen LogP contribution in [-0.2, 0) is 9.59 Å². The Bertz CT molecular complexity index is 243. The van der Waals surface area contributed by atoms with E-state index >= 15 is 0 Å². The van der Waals surface area contributed by atoms with Gasteiger partial charge in [-0.15, -0.1) is 0 Å². The van der Waals surface area contributed by atoms with Gasteiger partial charge in [0.05, 0.1) is 6.54 Å². The Morgan fingerprint density at radius 3 is 2.19 bits per heavy atom. The molecular weight excluding hydrogens is 204 g/mol. The lowest BCUT2D eigenvalue weighted by molar-refractivity contribution is -0.133. The minimum Gasteiger partial charge on any atom is -0.347 e. The van der Waals surface area contributed by atoms with Crippen molar-refractivity contribution in [3.8, 4) is 0 Å². The van der Waals surface area contributed by atoms with E-state index in [-0.39, 0.29) is 24.3 Å². The molecule has 0 aromatic rings. The summed E-state index contributed by atoms with van der Waals surface area (Å²) >= 11 is 0. The van der Waals surface area contributed by atoms with Crippen LogP contribution in [0.1, 0.15) is 39.5 Å². The molecule has 0 aliphatic heterocycles. The molecule has 1 aliphatic carbocycles. The maximum Gasteiger partial charge on any atom is 0.241 e. The van der Waals surface area contributed by atoms with Crippen LogP contribution in [0.3, 0.4) is 0 Å². The Hall–Kier alpha value is -1.06. The summed E-state index contributed by atoms with van der Waals surface area (Å²) in [6.45, 7) is 5.84. The lowest BCUT2D eigenvalue weighted by Crippen LogP contribution is -2.41. The number of carbonyl (C=O) groups excluding carboxylic acids is 2. The summed E-state index contributed by atoms with van der Waals surface area (Å²) in [6, 6.07) is 0. The van der Waals surface area contributed by atoms with Crippen molar-refractivity contribution in [2.45, 2.75) is 39.5 Å². The molecule has 0 bridgehead atoms. The molecule has 1 rings (SSSR count). The van der Waals surface area contributed by atoms with E-state index in [1.807, 2.05) is 4.90 Å². The number of amides is 2. The maximum absolute atomic E-state index is 11.8. The van der Waals surface area contributed by atoms with Crippen molar-refractivity contribution in [3.63, 3.8) is 0 Å². The first kappa shape index (κ1) is 13.0. The Labute approximate surface area is 97.4 Å². The lowest BCUT2D eigenvalue weighted by atomic mass is 10.3. The number of nitrogens with zero attached hydrogens (tertiary/aromatic N) is 1. The van der Waals surface area contributed by atoms with Crippen molar-refractivity contribution in [3.05, 3.63) is 0 Å². The summed E-state index contributed by atoms with van der Waals surface area (Å²) in [7, 11) is 0. The third-order valence-electron chi connectivity index (χ3n) is 2.70. The zero-order chi connectivity index (χ0) is 12.0. The van der Waals surface area contributed by atoms with Gasteiger partial charge in [0, 0.05) is 19.0 Å². The van der Waals surface area contributed by atoms with Crippen molar-refractivity contribution in [1.29, 1.82) is 0 Å². The molecule has 1 aliphatic rings. The second-order valence-corrected chi connectivity index (χ2v) is 4.37. The third-order valence-corrected chi connectivity index (χ3v) is 2.70. The standard InChI is InChI=1S/C12H22N2O2/c1-3-7-14(8-4-2)11(15)9-13-12(16)10-5-6-10/h10H,3-9H2,1-2H3,(H,13,16). The third kappa shape index (κ3) is 4.21. The van der Waals surface area contributed by atoms with Crippen molar-refractivity contribution < 1.29 is 9.59 Å². The quantitative estimate of drug-likeness (QED) is 0.708. The summed E-state index contributed by atoms with van der Waals surface area (Å²) in [6.07, 6.45) is 3.88. The van der Waals surface area contributed by atoms with Gasteiger partial charge in [-0.3, -0.25) is 9.59 Å². The van der Waals surface area contributed by atoms with Crippen LogP contribution in [0.15, 0.2) is 0 Å². The molecule has 1 saturated carbocycles. The molecule has 92 valence electrons. The van der Waals surface area contributed by atoms with Crippen LogP contribution in [0.25, 0.3) is 0 Å². The van der Waals surface area contributed by atoms with Gasteiger partial charge in [0.15, 0.2) is 0 Å². The molecule has 0 unspecified atom stereocenters. The normalized spacial score (nSPS) is 14.6. The van der Waals surface area contributed by atoms with E-state index in [0.29, 0.717) is 0 Å². The average molecular weight is 226 g/mol. The molecule has 4 heteroatoms. The highest BCUT2D eigenvalue weighted by molar-refractivity contribution is 5.86. The van der Waals surface area contributed by atoms with Crippen molar-refractivity contribution in [2.24, 2.45) is 5.92 Å². The molecule has 0 aromatic heterocycles. The fraction of sp³-hybridized carbons (Fsp3) is 0.833. The van der Waals surface area contributed by atoms with Gasteiger partial charge in [0.2, 0.25) is 11.8 Å². The Morgan fingerprint density at radius 2 is 1.75 bits per heavy atom. The molecular formula is C12H22N2O2. The van der Waals surface area contributed by atoms with Crippen LogP contribution in [0.2, 0.25) is 0 Å². The number of hydrogen-bond acceptors (Lipinski definition) is 2. The summed E-state index contributed by atoms with van der Waals surface area (Å²) in [4.78, 5) is 25.0. The summed E-state index contributed by atoms with van der Waals surface area (Å²) < 4.78 is 0. The first-order valence-electron chi connectivity index (χ1n) is 6.24. The Morgan fingerprint density at radius 1 is 1.19 bits per heavy atom. The SMILES string of the molecule is CCCN(CCC)C(=O)CNC(=O)C1CC1. The maximum atomic E-state index is 11.8. The molecule has 4 nitrogen and oxygen atoms in total. The van der Waals surface area contributed by atoms with Crippen LogP contribution in [0.5, 0.6) is 0 Å². The predicted molar refractivity (Wildman–Crippen MR) is 62.9 cm³/mol. The van der Waals surface area contributed by atoms with Gasteiger partial charge >= 0.3 is 0 Å². The van der Waals surface area contributed by atoms with Gasteiger partial charge in [0.1, 0.15) is 0 Å². The first-order valence-corrected chi connectivity index (χ1v) is 6.24. The second-order valence-electron chi connectivity index (χ2n) is 4.37. The highest BCUT2D eigenvalue weighted by atomic mass is 16.2. The number of rotatable bonds is 7. The summed E-state index contributed by atoms with van der Waals surface area (Å²) in [5.74, 6) is 0.262. The largest absolute Gasteiger partial charge is 0.347 e. The molecule has 1 fully saturated rings. The Kier molecular flexibility index (Phi) is 5.29. The molecule has 2 amide bonds. The highest BCUT2D eigenvalue weighted by Gasteiger charge is 2.29. The predicted octanol–water partition coefficient (Wildman–Crippen LogP) is 1.16. The van der Waals surface area contributed by atoms with Crippen LogP contribution in [0.4, 0.5) is 0 Å². The van der Waals surface area contributed by atoms with E-state index < -0.39 is 0 Å². The van der Waals surface area contributed by atoms with Crippen LogP contribution in [0, 0.1) is 5.92 Å². The summed E-state index contributed by atoms with van der Waals surface area (Å²) in [5.41, 5.74) is 0. The lowest BCUT2D eigenvalue weighted by Gasteiger charge is -2.21. The molecule has 0 radical (unpaired) electrons. The number of nitrogens with one attached hydrogen (secondary N) is 1. The van der Waals surface area contributed by atoms with Crippen LogP contribution < -0.4 is 5.32 Å². The van der Waals surface area contributed by atoms with Crippen molar-refractivity contribution in [2.75, 3.05) is 19.6 Å². The van der Waals surface area contributed by atoms with Crippen molar-refractivity contribution >= 4 is 11.8 Å². The zero-order valence-corrected chi connectivity index (χ0v) is 10.3. The monoisotopic (exact) mass is 226 g/mol.